The molecule has 7 heteroatoms. The largest absolute Gasteiger partial charge is 0.465 e. The number of carbonyl (C=O) groups is 1. The molecule has 0 saturated carbocycles. The minimum Gasteiger partial charge on any atom is -0.465 e. The Morgan fingerprint density at radius 2 is 2.15 bits per heavy atom. The van der Waals surface area contributed by atoms with Gasteiger partial charge in [-0.05, 0) is 12.5 Å². The number of hydrogen-bond acceptors (Lipinski definition) is 7. The van der Waals surface area contributed by atoms with Crippen LogP contribution in [0.5, 0.6) is 0 Å². The van der Waals surface area contributed by atoms with Crippen LogP contribution in [0.3, 0.4) is 0 Å². The molecule has 0 atom stereocenters. The summed E-state index contributed by atoms with van der Waals surface area (Å²) < 4.78 is 14.8. The van der Waals surface area contributed by atoms with Crippen LogP contribution in [0.4, 0.5) is 11.5 Å². The van der Waals surface area contributed by atoms with Crippen LogP contribution in [-0.4, -0.2) is 51.5 Å². The smallest absolute Gasteiger partial charge is 0.340 e. The van der Waals surface area contributed by atoms with E-state index >= 15 is 0 Å². The van der Waals surface area contributed by atoms with Crippen molar-refractivity contribution in [2.75, 3.05) is 51.6 Å². The number of nitrogens with two attached hydrogens (primary N) is 1. The van der Waals surface area contributed by atoms with Gasteiger partial charge in [-0.2, -0.15) is 0 Å². The Hall–Kier alpha value is -1.86. The van der Waals surface area contributed by atoms with Gasteiger partial charge < -0.3 is 25.3 Å². The quantitative estimate of drug-likeness (QED) is 0.514. The van der Waals surface area contributed by atoms with Gasteiger partial charge in [0.15, 0.2) is 0 Å². The van der Waals surface area contributed by atoms with Crippen molar-refractivity contribution >= 4 is 17.5 Å². The summed E-state index contributed by atoms with van der Waals surface area (Å²) >= 11 is 0. The van der Waals surface area contributed by atoms with Gasteiger partial charge in [-0.3, -0.25) is 0 Å². The Kier molecular flexibility index (Phi) is 7.38. The molecule has 0 amide bonds. The fourth-order valence-corrected chi connectivity index (χ4v) is 1.48. The number of nitrogens with zero attached hydrogens (tertiary/aromatic N) is 1. The minimum absolute atomic E-state index is 0.297. The fraction of sp³-hybridized carbons (Fsp3) is 0.538. The Bertz CT molecular complexity index is 426. The molecule has 0 bridgehead atoms. The molecule has 0 spiro atoms. The van der Waals surface area contributed by atoms with Crippen molar-refractivity contribution in [1.29, 1.82) is 0 Å². The highest BCUT2D eigenvalue weighted by Gasteiger charge is 2.11. The van der Waals surface area contributed by atoms with Crippen molar-refractivity contribution in [3.8, 4) is 0 Å². The molecule has 1 rings (SSSR count). The molecule has 1 aromatic heterocycles. The maximum atomic E-state index is 11.5. The average Bonchev–Trinajstić information content (AvgIpc) is 2.47. The van der Waals surface area contributed by atoms with Crippen molar-refractivity contribution in [2.24, 2.45) is 0 Å². The lowest BCUT2D eigenvalue weighted by molar-refractivity contribution is 0.0602. The van der Waals surface area contributed by atoms with Crippen molar-refractivity contribution < 1.29 is 19.0 Å². The van der Waals surface area contributed by atoms with Crippen LogP contribution in [0.1, 0.15) is 16.8 Å². The van der Waals surface area contributed by atoms with Crippen LogP contribution in [0.15, 0.2) is 12.3 Å². The number of esters is 1. The van der Waals surface area contributed by atoms with Crippen LogP contribution >= 0.6 is 0 Å². The van der Waals surface area contributed by atoms with Gasteiger partial charge in [0.25, 0.3) is 0 Å². The van der Waals surface area contributed by atoms with Gasteiger partial charge in [0.1, 0.15) is 5.82 Å². The lowest BCUT2D eigenvalue weighted by Gasteiger charge is -2.09. The number of pyridine rings is 1. The number of ether oxygens (including phenoxy) is 3. The molecule has 3 N–H and O–H groups in total. The number of aromatic nitrogens is 1. The first kappa shape index (κ1) is 16.2. The number of rotatable bonds is 9. The first-order valence-electron chi connectivity index (χ1n) is 6.33. The summed E-state index contributed by atoms with van der Waals surface area (Å²) in [7, 11) is 2.95. The lowest BCUT2D eigenvalue weighted by Crippen LogP contribution is -2.11. The molecule has 0 aromatic carbocycles. The molecule has 0 saturated heterocycles. The van der Waals surface area contributed by atoms with E-state index in [9.17, 15) is 4.79 Å². The zero-order valence-corrected chi connectivity index (χ0v) is 11.8. The van der Waals surface area contributed by atoms with Gasteiger partial charge in [-0.25, -0.2) is 9.78 Å². The number of anilines is 2. The Morgan fingerprint density at radius 3 is 2.85 bits per heavy atom. The highest BCUT2D eigenvalue weighted by atomic mass is 16.5. The molecule has 0 radical (unpaired) electrons. The lowest BCUT2D eigenvalue weighted by atomic mass is 10.2. The molecule has 0 aliphatic heterocycles. The molecule has 1 aromatic rings. The van der Waals surface area contributed by atoms with Crippen LogP contribution < -0.4 is 11.1 Å². The fourth-order valence-electron chi connectivity index (χ4n) is 1.48. The topological polar surface area (TPSA) is 95.7 Å². The van der Waals surface area contributed by atoms with Crippen LogP contribution in [0.25, 0.3) is 0 Å². The second-order valence-corrected chi connectivity index (χ2v) is 4.03. The van der Waals surface area contributed by atoms with Crippen molar-refractivity contribution in [3.05, 3.63) is 17.8 Å². The molecule has 0 fully saturated rings. The maximum absolute atomic E-state index is 11.5. The third kappa shape index (κ3) is 5.41. The summed E-state index contributed by atoms with van der Waals surface area (Å²) in [6, 6.07) is 1.58. The molecule has 7 nitrogen and oxygen atoms in total. The second-order valence-electron chi connectivity index (χ2n) is 4.03. The van der Waals surface area contributed by atoms with Crippen LogP contribution in [0.2, 0.25) is 0 Å². The first-order valence-corrected chi connectivity index (χ1v) is 6.33. The maximum Gasteiger partial charge on any atom is 0.340 e. The van der Waals surface area contributed by atoms with Crippen molar-refractivity contribution in [2.45, 2.75) is 6.42 Å². The Morgan fingerprint density at radius 1 is 1.35 bits per heavy atom. The predicted octanol–water partition coefficient (Wildman–Crippen LogP) is 0.915. The zero-order chi connectivity index (χ0) is 14.8. The highest BCUT2D eigenvalue weighted by molar-refractivity contribution is 5.95. The number of methoxy groups -OCH3 is 2. The van der Waals surface area contributed by atoms with Crippen molar-refractivity contribution in [3.63, 3.8) is 0 Å². The Balaban J connectivity index is 2.35. The van der Waals surface area contributed by atoms with E-state index < -0.39 is 5.97 Å². The molecular weight excluding hydrogens is 262 g/mol. The molecule has 112 valence electrons. The predicted molar refractivity (Wildman–Crippen MR) is 75.8 cm³/mol. The molecule has 1 heterocycles. The zero-order valence-electron chi connectivity index (χ0n) is 11.8. The number of hydrogen-bond donors (Lipinski definition) is 2. The van der Waals surface area contributed by atoms with Crippen LogP contribution in [-0.2, 0) is 14.2 Å². The SMILES string of the molecule is COCCOCCCNc1cc(C(=O)OC)c(N)cn1. The van der Waals surface area contributed by atoms with Gasteiger partial charge in [-0.15, -0.1) is 0 Å². The van der Waals surface area contributed by atoms with E-state index in [1.165, 1.54) is 13.3 Å². The molecular formula is C13H21N3O4. The second kappa shape index (κ2) is 9.11. The van der Waals surface area contributed by atoms with E-state index in [0.29, 0.717) is 43.4 Å². The summed E-state index contributed by atoms with van der Waals surface area (Å²) in [4.78, 5) is 15.6. The van der Waals surface area contributed by atoms with Gasteiger partial charge in [0, 0.05) is 20.3 Å². The molecule has 20 heavy (non-hydrogen) atoms. The molecule has 0 aliphatic carbocycles. The molecule has 0 unspecified atom stereocenters. The number of carbonyl (C=O) groups excluding carboxylic acids is 1. The third-order valence-electron chi connectivity index (χ3n) is 2.54. The summed E-state index contributed by atoms with van der Waals surface area (Å²) in [6.07, 6.45) is 2.26. The monoisotopic (exact) mass is 283 g/mol. The van der Waals surface area contributed by atoms with Gasteiger partial charge in [0.05, 0.1) is 37.8 Å². The van der Waals surface area contributed by atoms with Crippen molar-refractivity contribution in [1.82, 2.24) is 4.98 Å². The Labute approximate surface area is 118 Å². The summed E-state index contributed by atoms with van der Waals surface area (Å²) in [6.45, 7) is 2.50. The highest BCUT2D eigenvalue weighted by Crippen LogP contribution is 2.15. The summed E-state index contributed by atoms with van der Waals surface area (Å²) in [5.41, 5.74) is 6.27. The van der Waals surface area contributed by atoms with E-state index in [4.69, 9.17) is 15.2 Å². The standard InChI is InChI=1S/C13H21N3O4/c1-18-6-7-20-5-3-4-15-12-8-10(13(17)19-2)11(14)9-16-12/h8-9H,3-7,14H2,1-2H3,(H,15,16). The number of nitrogen functional groups attached to an aromatic ring is 1. The van der Waals surface area contributed by atoms with E-state index in [-0.39, 0.29) is 0 Å². The third-order valence-corrected chi connectivity index (χ3v) is 2.54. The van der Waals surface area contributed by atoms with E-state index in [2.05, 4.69) is 15.0 Å². The van der Waals surface area contributed by atoms with Gasteiger partial charge in [-0.1, -0.05) is 0 Å². The average molecular weight is 283 g/mol. The molecule has 0 aliphatic rings. The van der Waals surface area contributed by atoms with Crippen LogP contribution in [0, 0.1) is 0 Å². The first-order chi connectivity index (χ1) is 9.69. The minimum atomic E-state index is -0.476. The number of nitrogens with one attached hydrogen (secondary N) is 1. The normalized spacial score (nSPS) is 10.3. The van der Waals surface area contributed by atoms with Gasteiger partial charge >= 0.3 is 5.97 Å². The summed E-state index contributed by atoms with van der Waals surface area (Å²) in [5.74, 6) is 0.104. The van der Waals surface area contributed by atoms with E-state index in [0.717, 1.165) is 6.42 Å². The van der Waals surface area contributed by atoms with E-state index in [1.54, 1.807) is 13.2 Å². The summed E-state index contributed by atoms with van der Waals surface area (Å²) in [5, 5.41) is 3.10. The van der Waals surface area contributed by atoms with E-state index in [1.807, 2.05) is 0 Å². The van der Waals surface area contributed by atoms with Gasteiger partial charge in [0.2, 0.25) is 0 Å².